The first-order valence-corrected chi connectivity index (χ1v) is 7.05. The molecule has 0 saturated heterocycles. The third kappa shape index (κ3) is 3.91. The molecule has 1 atom stereocenters. The molecular formula is C14H29N3O2. The molecule has 0 aromatic carbocycles. The Labute approximate surface area is 117 Å². The van der Waals surface area contributed by atoms with Crippen molar-refractivity contribution in [3.05, 3.63) is 0 Å². The van der Waals surface area contributed by atoms with Gasteiger partial charge in [-0.05, 0) is 54.3 Å². The zero-order valence-corrected chi connectivity index (χ0v) is 13.0. The second kappa shape index (κ2) is 6.20. The second-order valence-electron chi connectivity index (χ2n) is 6.28. The molecule has 1 fully saturated rings. The minimum Gasteiger partial charge on any atom is -0.465 e. The number of nitrogens with two attached hydrogens (primary N) is 1. The average Bonchev–Trinajstić information content (AvgIpc) is 2.22. The number of rotatable bonds is 7. The predicted molar refractivity (Wildman–Crippen MR) is 77.0 cm³/mol. The van der Waals surface area contributed by atoms with Gasteiger partial charge in [-0.15, -0.1) is 0 Å². The standard InChI is InChI=1S/C14H29N3O2/c1-6-19-12(18)13(2,15)10-17(5)11-14(16(3)4)8-7-9-14/h6-11,15H2,1-5H3. The van der Waals surface area contributed by atoms with E-state index in [1.54, 1.807) is 13.8 Å². The summed E-state index contributed by atoms with van der Waals surface area (Å²) in [6.07, 6.45) is 3.71. The number of hydrogen-bond donors (Lipinski definition) is 1. The molecule has 5 nitrogen and oxygen atoms in total. The maximum Gasteiger partial charge on any atom is 0.327 e. The summed E-state index contributed by atoms with van der Waals surface area (Å²) in [4.78, 5) is 16.2. The lowest BCUT2D eigenvalue weighted by Gasteiger charge is -2.49. The highest BCUT2D eigenvalue weighted by Gasteiger charge is 2.41. The summed E-state index contributed by atoms with van der Waals surface area (Å²) < 4.78 is 5.02. The molecule has 0 radical (unpaired) electrons. The fraction of sp³-hybridized carbons (Fsp3) is 0.929. The van der Waals surface area contributed by atoms with Gasteiger partial charge >= 0.3 is 5.97 Å². The minimum absolute atomic E-state index is 0.249. The molecule has 0 amide bonds. The molecule has 19 heavy (non-hydrogen) atoms. The van der Waals surface area contributed by atoms with E-state index in [1.807, 2.05) is 7.05 Å². The molecule has 1 aliphatic rings. The van der Waals surface area contributed by atoms with Gasteiger partial charge in [0.25, 0.3) is 0 Å². The molecule has 5 heteroatoms. The van der Waals surface area contributed by atoms with Crippen LogP contribution in [0.15, 0.2) is 0 Å². The van der Waals surface area contributed by atoms with Crippen LogP contribution in [0.2, 0.25) is 0 Å². The van der Waals surface area contributed by atoms with Crippen molar-refractivity contribution in [2.24, 2.45) is 5.73 Å². The minimum atomic E-state index is -0.942. The lowest BCUT2D eigenvalue weighted by atomic mass is 9.75. The molecule has 1 aliphatic carbocycles. The van der Waals surface area contributed by atoms with Crippen molar-refractivity contribution < 1.29 is 9.53 Å². The highest BCUT2D eigenvalue weighted by Crippen LogP contribution is 2.36. The van der Waals surface area contributed by atoms with Gasteiger partial charge in [-0.2, -0.15) is 0 Å². The van der Waals surface area contributed by atoms with Gasteiger partial charge in [0.15, 0.2) is 0 Å². The highest BCUT2D eigenvalue weighted by molar-refractivity contribution is 5.80. The van der Waals surface area contributed by atoms with Crippen LogP contribution in [0, 0.1) is 0 Å². The highest BCUT2D eigenvalue weighted by atomic mass is 16.5. The van der Waals surface area contributed by atoms with Gasteiger partial charge in [-0.25, -0.2) is 0 Å². The Hall–Kier alpha value is -0.650. The van der Waals surface area contributed by atoms with Gasteiger partial charge in [0, 0.05) is 18.6 Å². The molecular weight excluding hydrogens is 242 g/mol. The van der Waals surface area contributed by atoms with E-state index in [0.29, 0.717) is 13.2 Å². The second-order valence-corrected chi connectivity index (χ2v) is 6.28. The van der Waals surface area contributed by atoms with E-state index in [9.17, 15) is 4.79 Å². The molecule has 2 N–H and O–H groups in total. The van der Waals surface area contributed by atoms with E-state index < -0.39 is 5.54 Å². The summed E-state index contributed by atoms with van der Waals surface area (Å²) in [5.74, 6) is -0.325. The third-order valence-electron chi connectivity index (χ3n) is 4.14. The van der Waals surface area contributed by atoms with Gasteiger partial charge in [0.1, 0.15) is 5.54 Å². The summed E-state index contributed by atoms with van der Waals surface area (Å²) in [6.45, 7) is 5.36. The molecule has 1 unspecified atom stereocenters. The Kier molecular flexibility index (Phi) is 5.35. The summed E-state index contributed by atoms with van der Waals surface area (Å²) in [6, 6.07) is 0. The van der Waals surface area contributed by atoms with Crippen molar-refractivity contribution in [3.63, 3.8) is 0 Å². The van der Waals surface area contributed by atoms with Crippen LogP contribution in [0.3, 0.4) is 0 Å². The quantitative estimate of drug-likeness (QED) is 0.690. The van der Waals surface area contributed by atoms with Crippen molar-refractivity contribution in [2.75, 3.05) is 40.8 Å². The van der Waals surface area contributed by atoms with Gasteiger partial charge in [0.05, 0.1) is 6.61 Å². The molecule has 0 aliphatic heterocycles. The predicted octanol–water partition coefficient (Wildman–Crippen LogP) is 0.683. The molecule has 0 spiro atoms. The molecule has 0 aromatic heterocycles. The van der Waals surface area contributed by atoms with Crippen molar-refractivity contribution >= 4 is 5.97 Å². The molecule has 112 valence electrons. The topological polar surface area (TPSA) is 58.8 Å². The number of nitrogens with zero attached hydrogens (tertiary/aromatic N) is 2. The fourth-order valence-electron chi connectivity index (χ4n) is 2.81. The Morgan fingerprint density at radius 3 is 2.32 bits per heavy atom. The SMILES string of the molecule is CCOC(=O)C(C)(N)CN(C)CC1(N(C)C)CCC1. The van der Waals surface area contributed by atoms with Crippen LogP contribution in [-0.4, -0.2) is 67.7 Å². The monoisotopic (exact) mass is 271 g/mol. The Bertz CT molecular complexity index is 312. The molecule has 1 saturated carbocycles. The zero-order valence-electron chi connectivity index (χ0n) is 13.0. The van der Waals surface area contributed by atoms with Crippen molar-refractivity contribution in [3.8, 4) is 0 Å². The summed E-state index contributed by atoms with van der Waals surface area (Å²) >= 11 is 0. The number of ether oxygens (including phenoxy) is 1. The molecule has 0 bridgehead atoms. The van der Waals surface area contributed by atoms with Crippen LogP contribution in [0.1, 0.15) is 33.1 Å². The van der Waals surface area contributed by atoms with Gasteiger partial charge < -0.3 is 20.3 Å². The Morgan fingerprint density at radius 1 is 1.37 bits per heavy atom. The van der Waals surface area contributed by atoms with Gasteiger partial charge in [-0.3, -0.25) is 4.79 Å². The first-order chi connectivity index (χ1) is 8.73. The number of likely N-dealkylation sites (N-methyl/N-ethyl adjacent to an activating group) is 2. The number of esters is 1. The normalized spacial score (nSPS) is 21.1. The molecule has 0 aromatic rings. The van der Waals surface area contributed by atoms with Crippen LogP contribution >= 0.6 is 0 Å². The fourth-order valence-corrected chi connectivity index (χ4v) is 2.81. The zero-order chi connectivity index (χ0) is 14.7. The van der Waals surface area contributed by atoms with E-state index in [1.165, 1.54) is 19.3 Å². The summed E-state index contributed by atoms with van der Waals surface area (Å²) in [7, 11) is 6.27. The van der Waals surface area contributed by atoms with Crippen LogP contribution in [0.25, 0.3) is 0 Å². The maximum atomic E-state index is 11.8. The van der Waals surface area contributed by atoms with Crippen LogP contribution in [0.5, 0.6) is 0 Å². The van der Waals surface area contributed by atoms with Crippen LogP contribution in [-0.2, 0) is 9.53 Å². The lowest BCUT2D eigenvalue weighted by molar-refractivity contribution is -0.149. The van der Waals surface area contributed by atoms with Crippen molar-refractivity contribution in [2.45, 2.75) is 44.2 Å². The van der Waals surface area contributed by atoms with Crippen molar-refractivity contribution in [1.29, 1.82) is 0 Å². The van der Waals surface area contributed by atoms with Gasteiger partial charge in [-0.1, -0.05) is 0 Å². The van der Waals surface area contributed by atoms with E-state index in [4.69, 9.17) is 10.5 Å². The van der Waals surface area contributed by atoms with E-state index in [0.717, 1.165) is 6.54 Å². The van der Waals surface area contributed by atoms with E-state index >= 15 is 0 Å². The lowest BCUT2D eigenvalue weighted by Crippen LogP contribution is -2.60. The number of carbonyl (C=O) groups is 1. The maximum absolute atomic E-state index is 11.8. The molecule has 1 rings (SSSR count). The van der Waals surface area contributed by atoms with Gasteiger partial charge in [0.2, 0.25) is 0 Å². The first kappa shape index (κ1) is 16.4. The third-order valence-corrected chi connectivity index (χ3v) is 4.14. The Balaban J connectivity index is 2.54. The largest absolute Gasteiger partial charge is 0.465 e. The van der Waals surface area contributed by atoms with Crippen molar-refractivity contribution in [1.82, 2.24) is 9.80 Å². The van der Waals surface area contributed by atoms with Crippen LogP contribution < -0.4 is 5.73 Å². The smallest absolute Gasteiger partial charge is 0.327 e. The summed E-state index contributed by atoms with van der Waals surface area (Å²) in [5.41, 5.74) is 5.38. The number of carbonyl (C=O) groups excluding carboxylic acids is 1. The average molecular weight is 271 g/mol. The van der Waals surface area contributed by atoms with Crippen LogP contribution in [0.4, 0.5) is 0 Å². The van der Waals surface area contributed by atoms with E-state index in [2.05, 4.69) is 23.9 Å². The number of hydrogen-bond acceptors (Lipinski definition) is 5. The first-order valence-electron chi connectivity index (χ1n) is 7.05. The molecule has 0 heterocycles. The summed E-state index contributed by atoms with van der Waals surface area (Å²) in [5, 5.41) is 0. The Morgan fingerprint density at radius 2 is 1.95 bits per heavy atom. The van der Waals surface area contributed by atoms with E-state index in [-0.39, 0.29) is 11.5 Å².